The molecular formula is C12H25N3. The van der Waals surface area contributed by atoms with E-state index in [1.807, 2.05) is 0 Å². The molecule has 0 radical (unpaired) electrons. The highest BCUT2D eigenvalue weighted by molar-refractivity contribution is 4.77. The van der Waals surface area contributed by atoms with Crippen molar-refractivity contribution in [3.8, 4) is 6.07 Å². The van der Waals surface area contributed by atoms with Crippen LogP contribution >= 0.6 is 0 Å². The van der Waals surface area contributed by atoms with E-state index in [2.05, 4.69) is 38.7 Å². The minimum absolute atomic E-state index is 0.492. The summed E-state index contributed by atoms with van der Waals surface area (Å²) >= 11 is 0. The molecule has 0 aromatic rings. The molecule has 0 aromatic carbocycles. The molecule has 1 unspecified atom stereocenters. The molecule has 0 rings (SSSR count). The van der Waals surface area contributed by atoms with Gasteiger partial charge in [-0.25, -0.2) is 0 Å². The van der Waals surface area contributed by atoms with E-state index < -0.39 is 0 Å². The van der Waals surface area contributed by atoms with Gasteiger partial charge < -0.3 is 5.73 Å². The van der Waals surface area contributed by atoms with Crippen LogP contribution < -0.4 is 5.73 Å². The quantitative estimate of drug-likeness (QED) is 0.699. The Balaban J connectivity index is 4.20. The summed E-state index contributed by atoms with van der Waals surface area (Å²) < 4.78 is 0. The molecule has 0 aromatic heterocycles. The van der Waals surface area contributed by atoms with Crippen LogP contribution in [0.1, 0.15) is 34.1 Å². The van der Waals surface area contributed by atoms with Crippen molar-refractivity contribution in [2.24, 2.45) is 17.6 Å². The lowest BCUT2D eigenvalue weighted by Crippen LogP contribution is -2.40. The molecule has 0 aliphatic rings. The minimum Gasteiger partial charge on any atom is -0.330 e. The summed E-state index contributed by atoms with van der Waals surface area (Å²) in [7, 11) is 0. The molecule has 88 valence electrons. The van der Waals surface area contributed by atoms with Crippen LogP contribution in [0.25, 0.3) is 0 Å². The van der Waals surface area contributed by atoms with Crippen molar-refractivity contribution in [2.75, 3.05) is 19.6 Å². The number of hydrogen-bond donors (Lipinski definition) is 1. The van der Waals surface area contributed by atoms with Gasteiger partial charge in [0.25, 0.3) is 0 Å². The standard InChI is InChI=1S/C12H25N3/c1-10(2)12(8-14)9-15(11(3)4)7-5-6-13/h10-12H,5,7-9,14H2,1-4H3. The molecule has 0 aliphatic heterocycles. The Labute approximate surface area is 94.2 Å². The van der Waals surface area contributed by atoms with Gasteiger partial charge in [-0.15, -0.1) is 0 Å². The van der Waals surface area contributed by atoms with Gasteiger partial charge in [0.2, 0.25) is 0 Å². The van der Waals surface area contributed by atoms with Gasteiger partial charge in [-0.2, -0.15) is 5.26 Å². The van der Waals surface area contributed by atoms with Crippen molar-refractivity contribution in [1.29, 1.82) is 5.26 Å². The van der Waals surface area contributed by atoms with Crippen LogP contribution in [0, 0.1) is 23.2 Å². The van der Waals surface area contributed by atoms with Crippen LogP contribution in [-0.2, 0) is 0 Å². The zero-order valence-electron chi connectivity index (χ0n) is 10.5. The number of nitriles is 1. The highest BCUT2D eigenvalue weighted by atomic mass is 15.1. The fourth-order valence-corrected chi connectivity index (χ4v) is 1.61. The molecule has 15 heavy (non-hydrogen) atoms. The van der Waals surface area contributed by atoms with Gasteiger partial charge in [0.15, 0.2) is 0 Å². The number of hydrogen-bond acceptors (Lipinski definition) is 3. The fraction of sp³-hybridized carbons (Fsp3) is 0.917. The maximum Gasteiger partial charge on any atom is 0.0635 e. The van der Waals surface area contributed by atoms with E-state index in [1.165, 1.54) is 0 Å². The zero-order chi connectivity index (χ0) is 11.8. The molecule has 1 atom stereocenters. The van der Waals surface area contributed by atoms with Crippen molar-refractivity contribution in [3.63, 3.8) is 0 Å². The summed E-state index contributed by atoms with van der Waals surface area (Å²) in [5.74, 6) is 1.14. The van der Waals surface area contributed by atoms with Crippen LogP contribution in [-0.4, -0.2) is 30.6 Å². The molecular weight excluding hydrogens is 186 g/mol. The molecule has 3 nitrogen and oxygen atoms in total. The largest absolute Gasteiger partial charge is 0.330 e. The third-order valence-corrected chi connectivity index (χ3v) is 2.96. The van der Waals surface area contributed by atoms with E-state index >= 15 is 0 Å². The van der Waals surface area contributed by atoms with Crippen LogP contribution in [0.3, 0.4) is 0 Å². The lowest BCUT2D eigenvalue weighted by molar-refractivity contribution is 0.171. The molecule has 0 spiro atoms. The third-order valence-electron chi connectivity index (χ3n) is 2.96. The van der Waals surface area contributed by atoms with E-state index in [0.29, 0.717) is 24.3 Å². The van der Waals surface area contributed by atoms with Gasteiger partial charge in [-0.1, -0.05) is 13.8 Å². The molecule has 0 fully saturated rings. The summed E-state index contributed by atoms with van der Waals surface area (Å²) in [5.41, 5.74) is 5.76. The van der Waals surface area contributed by atoms with Gasteiger partial charge in [0, 0.05) is 25.6 Å². The maximum atomic E-state index is 8.60. The Bertz CT molecular complexity index is 194. The van der Waals surface area contributed by atoms with E-state index in [-0.39, 0.29) is 0 Å². The molecule has 3 heteroatoms. The second-order valence-corrected chi connectivity index (χ2v) is 4.74. The molecule has 2 N–H and O–H groups in total. The molecule has 0 heterocycles. The lowest BCUT2D eigenvalue weighted by Gasteiger charge is -2.31. The maximum absolute atomic E-state index is 8.60. The summed E-state index contributed by atoms with van der Waals surface area (Å²) in [6.45, 7) is 11.4. The topological polar surface area (TPSA) is 53.0 Å². The summed E-state index contributed by atoms with van der Waals surface area (Å²) in [6, 6.07) is 2.69. The normalized spacial score (nSPS) is 13.5. The van der Waals surface area contributed by atoms with E-state index in [4.69, 9.17) is 11.0 Å². The number of nitrogens with zero attached hydrogens (tertiary/aromatic N) is 2. The molecule has 0 saturated heterocycles. The fourth-order valence-electron chi connectivity index (χ4n) is 1.61. The van der Waals surface area contributed by atoms with Crippen LogP contribution in [0.15, 0.2) is 0 Å². The third kappa shape index (κ3) is 5.76. The first-order chi connectivity index (χ1) is 7.02. The van der Waals surface area contributed by atoms with E-state index in [1.54, 1.807) is 0 Å². The predicted octanol–water partition coefficient (Wildman–Crippen LogP) is 1.84. The molecule has 0 saturated carbocycles. The highest BCUT2D eigenvalue weighted by Crippen LogP contribution is 2.13. The first-order valence-corrected chi connectivity index (χ1v) is 5.84. The predicted molar refractivity (Wildman–Crippen MR) is 64.3 cm³/mol. The SMILES string of the molecule is CC(C)C(CN)CN(CCC#N)C(C)C. The monoisotopic (exact) mass is 211 g/mol. The highest BCUT2D eigenvalue weighted by Gasteiger charge is 2.17. The zero-order valence-corrected chi connectivity index (χ0v) is 10.5. The molecule has 0 amide bonds. The van der Waals surface area contributed by atoms with Gasteiger partial charge in [0.05, 0.1) is 6.07 Å². The van der Waals surface area contributed by atoms with Gasteiger partial charge in [-0.3, -0.25) is 4.90 Å². The summed E-state index contributed by atoms with van der Waals surface area (Å²) in [4.78, 5) is 2.35. The van der Waals surface area contributed by atoms with Crippen molar-refractivity contribution in [3.05, 3.63) is 0 Å². The Kier molecular flexibility index (Phi) is 7.37. The number of rotatable bonds is 7. The van der Waals surface area contributed by atoms with Crippen molar-refractivity contribution >= 4 is 0 Å². The minimum atomic E-state index is 0.492. The second-order valence-electron chi connectivity index (χ2n) is 4.74. The lowest BCUT2D eigenvalue weighted by atomic mass is 9.95. The van der Waals surface area contributed by atoms with Gasteiger partial charge >= 0.3 is 0 Å². The Hall–Kier alpha value is -0.590. The first-order valence-electron chi connectivity index (χ1n) is 5.84. The molecule has 0 bridgehead atoms. The van der Waals surface area contributed by atoms with Crippen molar-refractivity contribution < 1.29 is 0 Å². The Morgan fingerprint density at radius 1 is 1.27 bits per heavy atom. The van der Waals surface area contributed by atoms with Gasteiger partial charge in [-0.05, 0) is 32.2 Å². The van der Waals surface area contributed by atoms with Crippen LogP contribution in [0.4, 0.5) is 0 Å². The van der Waals surface area contributed by atoms with E-state index in [9.17, 15) is 0 Å². The average Bonchev–Trinajstić information content (AvgIpc) is 2.17. The Morgan fingerprint density at radius 3 is 2.20 bits per heavy atom. The smallest absolute Gasteiger partial charge is 0.0635 e. The average molecular weight is 211 g/mol. The van der Waals surface area contributed by atoms with Crippen molar-refractivity contribution in [1.82, 2.24) is 4.90 Å². The first kappa shape index (κ1) is 14.4. The van der Waals surface area contributed by atoms with Crippen LogP contribution in [0.2, 0.25) is 0 Å². The summed E-state index contributed by atoms with van der Waals surface area (Å²) in [6.07, 6.45) is 0.605. The molecule has 0 aliphatic carbocycles. The summed E-state index contributed by atoms with van der Waals surface area (Å²) in [5, 5.41) is 8.60. The van der Waals surface area contributed by atoms with Crippen molar-refractivity contribution in [2.45, 2.75) is 40.2 Å². The van der Waals surface area contributed by atoms with Gasteiger partial charge in [0.1, 0.15) is 0 Å². The Morgan fingerprint density at radius 2 is 1.87 bits per heavy atom. The van der Waals surface area contributed by atoms with Crippen LogP contribution in [0.5, 0.6) is 0 Å². The number of nitrogens with two attached hydrogens (primary N) is 1. The second kappa shape index (κ2) is 7.67. The van der Waals surface area contributed by atoms with E-state index in [0.717, 1.165) is 19.6 Å².